The molecule has 1 N–H and O–H groups in total. The van der Waals surface area contributed by atoms with Gasteiger partial charge in [0.15, 0.2) is 4.90 Å². The molecule has 0 saturated carbocycles. The van der Waals surface area contributed by atoms with Gasteiger partial charge in [-0.15, -0.1) is 0 Å². The molecule has 2 aromatic rings. The third-order valence-corrected chi connectivity index (χ3v) is 6.91. The summed E-state index contributed by atoms with van der Waals surface area (Å²) in [7, 11) is -4.01. The fourth-order valence-electron chi connectivity index (χ4n) is 3.12. The smallest absolute Gasteiger partial charge is 0.289 e. The maximum atomic E-state index is 12.8. The van der Waals surface area contributed by atoms with Gasteiger partial charge in [-0.1, -0.05) is 35.3 Å². The number of hydrogen-bond donors (Lipinski definition) is 1. The molecule has 3 rings (SSSR count). The number of carbonyl (C=O) groups is 1. The lowest BCUT2D eigenvalue weighted by molar-refractivity contribution is -0.387. The number of piperazine rings is 1. The number of benzene rings is 2. The number of rotatable bonds is 6. The van der Waals surface area contributed by atoms with E-state index >= 15 is 0 Å². The molecule has 1 saturated heterocycles. The van der Waals surface area contributed by atoms with Crippen molar-refractivity contribution in [2.75, 3.05) is 38.0 Å². The highest BCUT2D eigenvalue weighted by Crippen LogP contribution is 2.27. The molecule has 12 heteroatoms. The third-order valence-electron chi connectivity index (χ3n) is 4.52. The van der Waals surface area contributed by atoms with E-state index < -0.39 is 20.6 Å². The number of nitrogens with one attached hydrogen (secondary N) is 1. The minimum atomic E-state index is -4.01. The number of para-hydroxylation sites is 1. The van der Waals surface area contributed by atoms with Gasteiger partial charge in [0.1, 0.15) is 0 Å². The molecule has 1 fully saturated rings. The molecule has 1 amide bonds. The van der Waals surface area contributed by atoms with Gasteiger partial charge < -0.3 is 5.32 Å². The van der Waals surface area contributed by atoms with Crippen molar-refractivity contribution in [3.8, 4) is 0 Å². The van der Waals surface area contributed by atoms with Crippen molar-refractivity contribution in [3.05, 3.63) is 62.6 Å². The van der Waals surface area contributed by atoms with Crippen LogP contribution >= 0.6 is 23.2 Å². The van der Waals surface area contributed by atoms with E-state index in [-0.39, 0.29) is 30.4 Å². The number of sulfonamides is 1. The Balaban J connectivity index is 1.60. The van der Waals surface area contributed by atoms with Gasteiger partial charge >= 0.3 is 0 Å². The zero-order chi connectivity index (χ0) is 21.9. The van der Waals surface area contributed by atoms with Crippen LogP contribution in [0.15, 0.2) is 47.4 Å². The van der Waals surface area contributed by atoms with Crippen molar-refractivity contribution < 1.29 is 18.1 Å². The Morgan fingerprint density at radius 3 is 2.27 bits per heavy atom. The minimum absolute atomic E-state index is 0.0590. The van der Waals surface area contributed by atoms with E-state index in [1.54, 1.807) is 23.1 Å². The molecule has 0 spiro atoms. The SMILES string of the molecule is O=C(CN1CCN(S(=O)(=O)c2ccccc2[N+](=O)[O-])CC1)Nc1cc(Cl)cc(Cl)c1. The summed E-state index contributed by atoms with van der Waals surface area (Å²) in [6.45, 7) is 0.909. The van der Waals surface area contributed by atoms with Gasteiger partial charge in [-0.25, -0.2) is 8.42 Å². The van der Waals surface area contributed by atoms with Gasteiger partial charge in [-0.05, 0) is 24.3 Å². The summed E-state index contributed by atoms with van der Waals surface area (Å²) in [6.07, 6.45) is 0. The molecule has 0 radical (unpaired) electrons. The van der Waals surface area contributed by atoms with E-state index in [2.05, 4.69) is 5.32 Å². The standard InChI is InChI=1S/C18H18Cl2N4O5S/c19-13-9-14(20)11-15(10-13)21-18(25)12-22-5-7-23(8-6-22)30(28,29)17-4-2-1-3-16(17)24(26)27/h1-4,9-11H,5-8,12H2,(H,21,25). The van der Waals surface area contributed by atoms with Crippen LogP contribution in [-0.4, -0.2) is 61.2 Å². The highest BCUT2D eigenvalue weighted by atomic mass is 35.5. The van der Waals surface area contributed by atoms with Gasteiger partial charge in [-0.3, -0.25) is 19.8 Å². The van der Waals surface area contributed by atoms with Crippen LogP contribution in [-0.2, 0) is 14.8 Å². The number of hydrogen-bond acceptors (Lipinski definition) is 6. The van der Waals surface area contributed by atoms with E-state index in [1.807, 2.05) is 0 Å². The number of amides is 1. The molecule has 1 aliphatic rings. The summed E-state index contributed by atoms with van der Waals surface area (Å²) in [5.74, 6) is -0.289. The topological polar surface area (TPSA) is 113 Å². The Morgan fingerprint density at radius 2 is 1.67 bits per heavy atom. The van der Waals surface area contributed by atoms with E-state index in [4.69, 9.17) is 23.2 Å². The number of nitro benzene ring substituents is 1. The van der Waals surface area contributed by atoms with Crippen molar-refractivity contribution in [1.29, 1.82) is 0 Å². The Kier molecular flexibility index (Phi) is 6.94. The lowest BCUT2D eigenvalue weighted by atomic mass is 10.3. The average molecular weight is 473 g/mol. The molecule has 0 atom stereocenters. The highest BCUT2D eigenvalue weighted by molar-refractivity contribution is 7.89. The van der Waals surface area contributed by atoms with Crippen molar-refractivity contribution in [3.63, 3.8) is 0 Å². The van der Waals surface area contributed by atoms with Gasteiger partial charge in [0.25, 0.3) is 5.69 Å². The van der Waals surface area contributed by atoms with Crippen LogP contribution in [0.4, 0.5) is 11.4 Å². The first-order valence-corrected chi connectivity index (χ1v) is 11.1. The Morgan fingerprint density at radius 1 is 1.07 bits per heavy atom. The number of anilines is 1. The maximum absolute atomic E-state index is 12.8. The largest absolute Gasteiger partial charge is 0.325 e. The summed E-state index contributed by atoms with van der Waals surface area (Å²) in [4.78, 5) is 24.2. The van der Waals surface area contributed by atoms with Gasteiger partial charge in [0.05, 0.1) is 11.5 Å². The molecule has 1 heterocycles. The normalized spacial score (nSPS) is 15.7. The second-order valence-corrected chi connectivity index (χ2v) is 9.39. The average Bonchev–Trinajstić information content (AvgIpc) is 2.67. The Hall–Kier alpha value is -2.24. The fourth-order valence-corrected chi connectivity index (χ4v) is 5.23. The molecular weight excluding hydrogens is 455 g/mol. The van der Waals surface area contributed by atoms with Crippen molar-refractivity contribution in [2.24, 2.45) is 0 Å². The molecule has 0 unspecified atom stereocenters. The van der Waals surface area contributed by atoms with Gasteiger partial charge in [0.2, 0.25) is 15.9 Å². The van der Waals surface area contributed by atoms with Crippen LogP contribution in [0.3, 0.4) is 0 Å². The first kappa shape index (κ1) is 22.4. The summed E-state index contributed by atoms with van der Waals surface area (Å²) in [6, 6.07) is 9.95. The summed E-state index contributed by atoms with van der Waals surface area (Å²) >= 11 is 11.8. The van der Waals surface area contributed by atoms with Crippen molar-refractivity contribution in [1.82, 2.24) is 9.21 Å². The predicted molar refractivity (Wildman–Crippen MR) is 113 cm³/mol. The monoisotopic (exact) mass is 472 g/mol. The number of halogens is 2. The van der Waals surface area contributed by atoms with E-state index in [9.17, 15) is 23.3 Å². The maximum Gasteiger partial charge on any atom is 0.289 e. The van der Waals surface area contributed by atoms with E-state index in [0.717, 1.165) is 6.07 Å². The predicted octanol–water partition coefficient (Wildman–Crippen LogP) is 2.85. The molecule has 9 nitrogen and oxygen atoms in total. The summed E-state index contributed by atoms with van der Waals surface area (Å²) in [5.41, 5.74) is 0.00888. The quantitative estimate of drug-likeness (QED) is 0.510. The third kappa shape index (κ3) is 5.27. The second kappa shape index (κ2) is 9.27. The van der Waals surface area contributed by atoms with Crippen LogP contribution in [0.25, 0.3) is 0 Å². The minimum Gasteiger partial charge on any atom is -0.325 e. The molecule has 2 aromatic carbocycles. The molecule has 160 valence electrons. The molecule has 0 bridgehead atoms. The zero-order valence-corrected chi connectivity index (χ0v) is 18.0. The Labute approximate surface area is 183 Å². The molecular formula is C18H18Cl2N4O5S. The number of nitro groups is 1. The van der Waals surface area contributed by atoms with Crippen LogP contribution < -0.4 is 5.32 Å². The lowest BCUT2D eigenvalue weighted by Gasteiger charge is -2.33. The fraction of sp³-hybridized carbons (Fsp3) is 0.278. The highest BCUT2D eigenvalue weighted by Gasteiger charge is 2.33. The van der Waals surface area contributed by atoms with Crippen molar-refractivity contribution >= 4 is 50.5 Å². The molecule has 1 aliphatic heterocycles. The number of nitrogens with zero attached hydrogens (tertiary/aromatic N) is 3. The first-order valence-electron chi connectivity index (χ1n) is 8.88. The first-order chi connectivity index (χ1) is 14.2. The molecule has 0 aromatic heterocycles. The molecule has 30 heavy (non-hydrogen) atoms. The summed E-state index contributed by atoms with van der Waals surface area (Å²) in [5, 5.41) is 14.7. The van der Waals surface area contributed by atoms with Crippen LogP contribution in [0, 0.1) is 10.1 Å². The van der Waals surface area contributed by atoms with E-state index in [0.29, 0.717) is 28.8 Å². The Bertz CT molecular complexity index is 1050. The zero-order valence-electron chi connectivity index (χ0n) is 15.6. The summed E-state index contributed by atoms with van der Waals surface area (Å²) < 4.78 is 26.9. The van der Waals surface area contributed by atoms with Gasteiger partial charge in [-0.2, -0.15) is 4.31 Å². The molecule has 0 aliphatic carbocycles. The van der Waals surface area contributed by atoms with Crippen LogP contribution in [0.2, 0.25) is 10.0 Å². The van der Waals surface area contributed by atoms with E-state index in [1.165, 1.54) is 22.5 Å². The van der Waals surface area contributed by atoms with Gasteiger partial charge in [0, 0.05) is 48.0 Å². The lowest BCUT2D eigenvalue weighted by Crippen LogP contribution is -2.50. The van der Waals surface area contributed by atoms with Crippen molar-refractivity contribution in [2.45, 2.75) is 4.90 Å². The van der Waals surface area contributed by atoms with Crippen LogP contribution in [0.5, 0.6) is 0 Å². The second-order valence-electron chi connectivity index (χ2n) is 6.61. The number of carbonyl (C=O) groups excluding carboxylic acids is 1. The van der Waals surface area contributed by atoms with Crippen LogP contribution in [0.1, 0.15) is 0 Å².